The van der Waals surface area contributed by atoms with Crippen LogP contribution in [0.4, 0.5) is 4.39 Å². The highest BCUT2D eigenvalue weighted by molar-refractivity contribution is 5.91. The van der Waals surface area contributed by atoms with E-state index in [0.29, 0.717) is 24.5 Å². The van der Waals surface area contributed by atoms with E-state index in [9.17, 15) is 9.18 Å². The van der Waals surface area contributed by atoms with Crippen molar-refractivity contribution in [3.8, 4) is 11.5 Å². The van der Waals surface area contributed by atoms with Crippen molar-refractivity contribution in [1.29, 1.82) is 0 Å². The van der Waals surface area contributed by atoms with Gasteiger partial charge in [-0.05, 0) is 47.9 Å². The molecule has 24 heavy (non-hydrogen) atoms. The summed E-state index contributed by atoms with van der Waals surface area (Å²) in [5, 5.41) is 2.81. The normalized spacial score (nSPS) is 10.6. The molecule has 2 rings (SSSR count). The number of ether oxygens (including phenoxy) is 2. The standard InChI is InChI=1S/C19H20FNO3/c1-23-17-9-5-15(13-18(17)24-2)11-12-21-19(22)10-6-14-3-7-16(20)8-4-14/h3-10,13H,11-12H2,1-2H3,(H,21,22)/b10-6+. The number of hydrogen-bond donors (Lipinski definition) is 1. The van der Waals surface area contributed by atoms with Gasteiger partial charge in [-0.25, -0.2) is 4.39 Å². The molecule has 126 valence electrons. The van der Waals surface area contributed by atoms with Gasteiger partial charge in [-0.2, -0.15) is 0 Å². The lowest BCUT2D eigenvalue weighted by Gasteiger charge is -2.09. The van der Waals surface area contributed by atoms with E-state index in [1.54, 1.807) is 32.4 Å². The lowest BCUT2D eigenvalue weighted by Crippen LogP contribution is -2.23. The van der Waals surface area contributed by atoms with Crippen LogP contribution in [0.2, 0.25) is 0 Å². The Morgan fingerprint density at radius 3 is 2.46 bits per heavy atom. The van der Waals surface area contributed by atoms with Gasteiger partial charge >= 0.3 is 0 Å². The average Bonchev–Trinajstić information content (AvgIpc) is 2.61. The Bertz CT molecular complexity index is 711. The predicted molar refractivity (Wildman–Crippen MR) is 91.7 cm³/mol. The van der Waals surface area contributed by atoms with Crippen LogP contribution in [-0.4, -0.2) is 26.7 Å². The minimum atomic E-state index is -0.300. The van der Waals surface area contributed by atoms with Crippen molar-refractivity contribution >= 4 is 12.0 Å². The Hall–Kier alpha value is -2.82. The summed E-state index contributed by atoms with van der Waals surface area (Å²) in [5.41, 5.74) is 1.81. The molecule has 2 aromatic rings. The zero-order valence-electron chi connectivity index (χ0n) is 13.7. The van der Waals surface area contributed by atoms with E-state index in [2.05, 4.69) is 5.32 Å². The molecule has 1 amide bonds. The van der Waals surface area contributed by atoms with Crippen molar-refractivity contribution in [3.05, 3.63) is 65.5 Å². The third-order valence-electron chi connectivity index (χ3n) is 3.46. The summed E-state index contributed by atoms with van der Waals surface area (Å²) in [4.78, 5) is 11.8. The highest BCUT2D eigenvalue weighted by Crippen LogP contribution is 2.27. The molecule has 1 N–H and O–H groups in total. The largest absolute Gasteiger partial charge is 0.493 e. The number of methoxy groups -OCH3 is 2. The monoisotopic (exact) mass is 329 g/mol. The third kappa shape index (κ3) is 5.12. The molecule has 4 nitrogen and oxygen atoms in total. The highest BCUT2D eigenvalue weighted by Gasteiger charge is 2.04. The molecular formula is C19H20FNO3. The molecule has 2 aromatic carbocycles. The van der Waals surface area contributed by atoms with Gasteiger partial charge < -0.3 is 14.8 Å². The first kappa shape index (κ1) is 17.5. The zero-order chi connectivity index (χ0) is 17.4. The van der Waals surface area contributed by atoms with Crippen molar-refractivity contribution in [2.75, 3.05) is 20.8 Å². The molecule has 0 aliphatic rings. The minimum absolute atomic E-state index is 0.195. The molecule has 0 atom stereocenters. The first-order chi connectivity index (χ1) is 11.6. The van der Waals surface area contributed by atoms with Crippen molar-refractivity contribution in [2.24, 2.45) is 0 Å². The van der Waals surface area contributed by atoms with E-state index in [0.717, 1.165) is 11.1 Å². The Morgan fingerprint density at radius 1 is 1.08 bits per heavy atom. The number of carbonyl (C=O) groups is 1. The smallest absolute Gasteiger partial charge is 0.244 e. The van der Waals surface area contributed by atoms with Gasteiger partial charge in [0.2, 0.25) is 5.91 Å². The van der Waals surface area contributed by atoms with Crippen molar-refractivity contribution < 1.29 is 18.7 Å². The Morgan fingerprint density at radius 2 is 1.79 bits per heavy atom. The second-order valence-corrected chi connectivity index (χ2v) is 5.12. The Balaban J connectivity index is 1.83. The zero-order valence-corrected chi connectivity index (χ0v) is 13.7. The Labute approximate surface area is 140 Å². The van der Waals surface area contributed by atoms with E-state index in [1.807, 2.05) is 18.2 Å². The van der Waals surface area contributed by atoms with E-state index in [4.69, 9.17) is 9.47 Å². The van der Waals surface area contributed by atoms with E-state index < -0.39 is 0 Å². The fourth-order valence-corrected chi connectivity index (χ4v) is 2.17. The quantitative estimate of drug-likeness (QED) is 0.794. The third-order valence-corrected chi connectivity index (χ3v) is 3.46. The van der Waals surface area contributed by atoms with E-state index in [1.165, 1.54) is 18.2 Å². The molecular weight excluding hydrogens is 309 g/mol. The van der Waals surface area contributed by atoms with Crippen molar-refractivity contribution in [2.45, 2.75) is 6.42 Å². The van der Waals surface area contributed by atoms with Crippen LogP contribution in [0.1, 0.15) is 11.1 Å². The maximum Gasteiger partial charge on any atom is 0.244 e. The molecule has 0 saturated heterocycles. The summed E-state index contributed by atoms with van der Waals surface area (Å²) in [7, 11) is 3.18. The highest BCUT2D eigenvalue weighted by atomic mass is 19.1. The molecule has 0 radical (unpaired) electrons. The summed E-state index contributed by atoms with van der Waals surface area (Å²) in [5.74, 6) is 0.844. The summed E-state index contributed by atoms with van der Waals surface area (Å²) in [6, 6.07) is 11.6. The summed E-state index contributed by atoms with van der Waals surface area (Å²) in [6.07, 6.45) is 3.75. The molecule has 0 aliphatic carbocycles. The Kier molecular flexibility index (Phi) is 6.37. The number of hydrogen-bond acceptors (Lipinski definition) is 3. The number of rotatable bonds is 7. The topological polar surface area (TPSA) is 47.6 Å². The number of carbonyl (C=O) groups excluding carboxylic acids is 1. The summed E-state index contributed by atoms with van der Waals surface area (Å²) in [6.45, 7) is 0.502. The van der Waals surface area contributed by atoms with Gasteiger partial charge in [-0.1, -0.05) is 18.2 Å². The number of amides is 1. The number of benzene rings is 2. The van der Waals surface area contributed by atoms with Gasteiger partial charge in [0.1, 0.15) is 5.82 Å². The van der Waals surface area contributed by atoms with Gasteiger partial charge in [0.15, 0.2) is 11.5 Å². The number of halogens is 1. The summed E-state index contributed by atoms with van der Waals surface area (Å²) < 4.78 is 23.2. The van der Waals surface area contributed by atoms with E-state index in [-0.39, 0.29) is 11.7 Å². The fourth-order valence-electron chi connectivity index (χ4n) is 2.17. The first-order valence-corrected chi connectivity index (χ1v) is 7.55. The van der Waals surface area contributed by atoms with Crippen LogP contribution >= 0.6 is 0 Å². The van der Waals surface area contributed by atoms with Gasteiger partial charge in [0.05, 0.1) is 14.2 Å². The van der Waals surface area contributed by atoms with Crippen molar-refractivity contribution in [3.63, 3.8) is 0 Å². The van der Waals surface area contributed by atoms with E-state index >= 15 is 0 Å². The molecule has 5 heteroatoms. The van der Waals surface area contributed by atoms with Crippen molar-refractivity contribution in [1.82, 2.24) is 5.32 Å². The molecule has 0 bridgehead atoms. The van der Waals surface area contributed by atoms with Crippen LogP contribution in [0.15, 0.2) is 48.5 Å². The average molecular weight is 329 g/mol. The van der Waals surface area contributed by atoms with Crippen LogP contribution in [0, 0.1) is 5.82 Å². The molecule has 0 aliphatic heterocycles. The maximum absolute atomic E-state index is 12.8. The van der Waals surface area contributed by atoms with Gasteiger partial charge in [0, 0.05) is 12.6 Å². The lowest BCUT2D eigenvalue weighted by atomic mass is 10.1. The molecule has 0 spiro atoms. The molecule has 0 unspecified atom stereocenters. The van der Waals surface area contributed by atoms with Crippen LogP contribution in [-0.2, 0) is 11.2 Å². The molecule has 0 saturated carbocycles. The number of nitrogens with one attached hydrogen (secondary N) is 1. The lowest BCUT2D eigenvalue weighted by molar-refractivity contribution is -0.116. The molecule has 0 fully saturated rings. The SMILES string of the molecule is COc1ccc(CCNC(=O)/C=C/c2ccc(F)cc2)cc1OC. The van der Waals surface area contributed by atoms with Crippen LogP contribution in [0.3, 0.4) is 0 Å². The second kappa shape index (κ2) is 8.72. The maximum atomic E-state index is 12.8. The predicted octanol–water partition coefficient (Wildman–Crippen LogP) is 3.22. The molecule has 0 heterocycles. The minimum Gasteiger partial charge on any atom is -0.493 e. The van der Waals surface area contributed by atoms with Crippen LogP contribution in [0.25, 0.3) is 6.08 Å². The van der Waals surface area contributed by atoms with Gasteiger partial charge in [-0.3, -0.25) is 4.79 Å². The second-order valence-electron chi connectivity index (χ2n) is 5.12. The van der Waals surface area contributed by atoms with Crippen LogP contribution in [0.5, 0.6) is 11.5 Å². The van der Waals surface area contributed by atoms with Gasteiger partial charge in [-0.15, -0.1) is 0 Å². The molecule has 0 aromatic heterocycles. The van der Waals surface area contributed by atoms with Gasteiger partial charge in [0.25, 0.3) is 0 Å². The fraction of sp³-hybridized carbons (Fsp3) is 0.211. The summed E-state index contributed by atoms with van der Waals surface area (Å²) >= 11 is 0. The van der Waals surface area contributed by atoms with Crippen LogP contribution < -0.4 is 14.8 Å². The first-order valence-electron chi connectivity index (χ1n) is 7.55.